The number of benzene rings is 1. The summed E-state index contributed by atoms with van der Waals surface area (Å²) in [6.45, 7) is 0. The smallest absolute Gasteiger partial charge is 0.0725 e. The molecule has 0 spiro atoms. The van der Waals surface area contributed by atoms with E-state index in [0.29, 0.717) is 11.8 Å². The third-order valence-electron chi connectivity index (χ3n) is 4.33. The first-order chi connectivity index (χ1) is 9.83. The maximum atomic E-state index is 6.16. The van der Waals surface area contributed by atoms with Crippen LogP contribution in [0.3, 0.4) is 0 Å². The quantitative estimate of drug-likeness (QED) is 0.776. The van der Waals surface area contributed by atoms with Gasteiger partial charge < -0.3 is 5.32 Å². The molecule has 2 aromatic rings. The van der Waals surface area contributed by atoms with Crippen LogP contribution in [0.1, 0.15) is 29.6 Å². The molecule has 3 heteroatoms. The summed E-state index contributed by atoms with van der Waals surface area (Å²) in [5.74, 6) is 0.966. The van der Waals surface area contributed by atoms with E-state index in [1.54, 1.807) is 0 Å². The maximum Gasteiger partial charge on any atom is 0.0725 e. The van der Waals surface area contributed by atoms with Gasteiger partial charge in [-0.2, -0.15) is 0 Å². The van der Waals surface area contributed by atoms with Crippen LogP contribution in [0.25, 0.3) is 0 Å². The topological polar surface area (TPSA) is 24.9 Å². The second-order valence-electron chi connectivity index (χ2n) is 5.46. The van der Waals surface area contributed by atoms with Crippen molar-refractivity contribution < 1.29 is 0 Å². The molecule has 0 saturated carbocycles. The zero-order valence-corrected chi connectivity index (χ0v) is 11.7. The van der Waals surface area contributed by atoms with Crippen molar-refractivity contribution in [2.45, 2.75) is 18.4 Å². The number of hydrogen-bond acceptors (Lipinski definition) is 2. The molecule has 0 fully saturated rings. The van der Waals surface area contributed by atoms with Crippen molar-refractivity contribution in [3.63, 3.8) is 0 Å². The van der Waals surface area contributed by atoms with Crippen LogP contribution < -0.4 is 5.32 Å². The van der Waals surface area contributed by atoms with E-state index in [-0.39, 0.29) is 6.04 Å². The molecule has 0 unspecified atom stereocenters. The Morgan fingerprint density at radius 3 is 3.00 bits per heavy atom. The predicted molar refractivity (Wildman–Crippen MR) is 82.0 cm³/mol. The minimum absolute atomic E-state index is 0.268. The van der Waals surface area contributed by atoms with Gasteiger partial charge in [0.15, 0.2) is 0 Å². The summed E-state index contributed by atoms with van der Waals surface area (Å²) in [5.41, 5.74) is 3.60. The fourth-order valence-corrected chi connectivity index (χ4v) is 3.60. The third kappa shape index (κ3) is 1.83. The average Bonchev–Trinajstić information content (AvgIpc) is 2.97. The summed E-state index contributed by atoms with van der Waals surface area (Å²) in [5, 5.41) is 4.46. The number of halogens is 1. The molecule has 0 radical (unpaired) electrons. The van der Waals surface area contributed by atoms with Crippen molar-refractivity contribution >= 4 is 17.3 Å². The molecule has 2 heterocycles. The highest BCUT2D eigenvalue weighted by Gasteiger charge is 2.38. The van der Waals surface area contributed by atoms with E-state index in [9.17, 15) is 0 Å². The third-order valence-corrected chi connectivity index (χ3v) is 4.57. The van der Waals surface area contributed by atoms with Gasteiger partial charge in [0, 0.05) is 22.8 Å². The van der Waals surface area contributed by atoms with Crippen LogP contribution in [-0.4, -0.2) is 4.98 Å². The van der Waals surface area contributed by atoms with Gasteiger partial charge in [0.2, 0.25) is 0 Å². The minimum Gasteiger partial charge on any atom is -0.376 e. The van der Waals surface area contributed by atoms with E-state index in [4.69, 9.17) is 11.6 Å². The Morgan fingerprint density at radius 2 is 2.15 bits per heavy atom. The first-order valence-corrected chi connectivity index (χ1v) is 7.34. The number of anilines is 1. The van der Waals surface area contributed by atoms with Crippen LogP contribution in [0.2, 0.25) is 5.02 Å². The van der Waals surface area contributed by atoms with E-state index in [1.165, 1.54) is 11.3 Å². The molecular weight excluding hydrogens is 268 g/mol. The van der Waals surface area contributed by atoms with Gasteiger partial charge in [0.05, 0.1) is 11.7 Å². The van der Waals surface area contributed by atoms with Crippen LogP contribution in [0, 0.1) is 5.92 Å². The van der Waals surface area contributed by atoms with E-state index >= 15 is 0 Å². The molecule has 4 rings (SSSR count). The lowest BCUT2D eigenvalue weighted by molar-refractivity contribution is 0.419. The standard InChI is InChI=1S/C17H15ClN2/c18-11-7-8-15-14(10-11)12-4-3-5-13(12)17(20-15)16-6-1-2-9-19-16/h1-4,6-10,12-13,17,20H,5H2/t12-,13+,17-/m1/s1. The van der Waals surface area contributed by atoms with Crippen LogP contribution >= 0.6 is 11.6 Å². The molecule has 1 aromatic heterocycles. The molecule has 1 N–H and O–H groups in total. The van der Waals surface area contributed by atoms with Crippen LogP contribution in [-0.2, 0) is 0 Å². The van der Waals surface area contributed by atoms with Gasteiger partial charge >= 0.3 is 0 Å². The van der Waals surface area contributed by atoms with Gasteiger partial charge in [-0.1, -0.05) is 29.8 Å². The van der Waals surface area contributed by atoms with E-state index in [1.807, 2.05) is 18.3 Å². The summed E-state index contributed by atoms with van der Waals surface area (Å²) in [4.78, 5) is 4.54. The number of pyridine rings is 1. The number of nitrogens with zero attached hydrogens (tertiary/aromatic N) is 1. The van der Waals surface area contributed by atoms with Gasteiger partial charge in [-0.15, -0.1) is 0 Å². The maximum absolute atomic E-state index is 6.16. The van der Waals surface area contributed by atoms with Gasteiger partial charge in [-0.3, -0.25) is 4.98 Å². The molecule has 2 aliphatic rings. The summed E-state index contributed by atoms with van der Waals surface area (Å²) in [7, 11) is 0. The zero-order valence-electron chi connectivity index (χ0n) is 11.0. The average molecular weight is 283 g/mol. The first-order valence-electron chi connectivity index (χ1n) is 6.96. The van der Waals surface area contributed by atoms with Crippen molar-refractivity contribution in [3.05, 3.63) is 71.0 Å². The SMILES string of the molecule is Clc1ccc2c(c1)[C@@H]1C=CC[C@@H]1[C@H](c1ccccn1)N2. The van der Waals surface area contributed by atoms with Crippen molar-refractivity contribution in [1.82, 2.24) is 4.98 Å². The van der Waals surface area contributed by atoms with Crippen LogP contribution in [0.15, 0.2) is 54.7 Å². The van der Waals surface area contributed by atoms with Gasteiger partial charge in [-0.25, -0.2) is 0 Å². The Kier molecular flexibility index (Phi) is 2.78. The Hall–Kier alpha value is -1.80. The number of allylic oxidation sites excluding steroid dienone is 2. The number of hydrogen-bond donors (Lipinski definition) is 1. The Balaban J connectivity index is 1.80. The molecule has 0 saturated heterocycles. The minimum atomic E-state index is 0.268. The number of fused-ring (bicyclic) bond motifs is 3. The van der Waals surface area contributed by atoms with Crippen molar-refractivity contribution in [3.8, 4) is 0 Å². The molecule has 3 atom stereocenters. The van der Waals surface area contributed by atoms with Crippen LogP contribution in [0.4, 0.5) is 5.69 Å². The molecule has 100 valence electrons. The van der Waals surface area contributed by atoms with Gasteiger partial charge in [0.25, 0.3) is 0 Å². The molecule has 0 bridgehead atoms. The van der Waals surface area contributed by atoms with E-state index in [2.05, 4.69) is 46.7 Å². The van der Waals surface area contributed by atoms with Crippen molar-refractivity contribution in [2.75, 3.05) is 5.32 Å². The fraction of sp³-hybridized carbons (Fsp3) is 0.235. The first kappa shape index (κ1) is 12.0. The van der Waals surface area contributed by atoms with Crippen LogP contribution in [0.5, 0.6) is 0 Å². The normalized spacial score (nSPS) is 26.8. The molecule has 1 aliphatic carbocycles. The van der Waals surface area contributed by atoms with E-state index < -0.39 is 0 Å². The number of nitrogens with one attached hydrogen (secondary N) is 1. The predicted octanol–water partition coefficient (Wildman–Crippen LogP) is 4.56. The second-order valence-corrected chi connectivity index (χ2v) is 5.90. The highest BCUT2D eigenvalue weighted by atomic mass is 35.5. The van der Waals surface area contributed by atoms with Gasteiger partial charge in [0.1, 0.15) is 0 Å². The highest BCUT2D eigenvalue weighted by Crippen LogP contribution is 2.49. The lowest BCUT2D eigenvalue weighted by atomic mass is 9.78. The monoisotopic (exact) mass is 282 g/mol. The molecule has 1 aliphatic heterocycles. The van der Waals surface area contributed by atoms with Gasteiger partial charge in [-0.05, 0) is 48.2 Å². The fourth-order valence-electron chi connectivity index (χ4n) is 3.42. The lowest BCUT2D eigenvalue weighted by Crippen LogP contribution is -2.29. The second kappa shape index (κ2) is 4.64. The van der Waals surface area contributed by atoms with Crippen molar-refractivity contribution in [1.29, 1.82) is 0 Å². The van der Waals surface area contributed by atoms with E-state index in [0.717, 1.165) is 17.1 Å². The molecule has 2 nitrogen and oxygen atoms in total. The number of rotatable bonds is 1. The summed E-state index contributed by atoms with van der Waals surface area (Å²) < 4.78 is 0. The highest BCUT2D eigenvalue weighted by molar-refractivity contribution is 6.30. The molecule has 1 aromatic carbocycles. The largest absolute Gasteiger partial charge is 0.376 e. The summed E-state index contributed by atoms with van der Waals surface area (Å²) >= 11 is 6.16. The molecular formula is C17H15ClN2. The lowest BCUT2D eigenvalue weighted by Gasteiger charge is -2.36. The Morgan fingerprint density at radius 1 is 1.20 bits per heavy atom. The molecule has 0 amide bonds. The molecule has 20 heavy (non-hydrogen) atoms. The zero-order chi connectivity index (χ0) is 13.5. The van der Waals surface area contributed by atoms with Crippen molar-refractivity contribution in [2.24, 2.45) is 5.92 Å². The summed E-state index contributed by atoms with van der Waals surface area (Å²) in [6, 6.07) is 12.5. The Bertz CT molecular complexity index is 666. The Labute approximate surface area is 123 Å². The summed E-state index contributed by atoms with van der Waals surface area (Å²) in [6.07, 6.45) is 7.55. The number of aromatic nitrogens is 1.